The monoisotopic (exact) mass is 289 g/mol. The summed E-state index contributed by atoms with van der Waals surface area (Å²) >= 11 is 0. The van der Waals surface area contributed by atoms with Gasteiger partial charge in [-0.15, -0.1) is 0 Å². The van der Waals surface area contributed by atoms with Gasteiger partial charge in [0.2, 0.25) is 0 Å². The Balaban J connectivity index is 2.42. The number of carboxylic acid groups (broad SMARTS) is 1. The highest BCUT2D eigenvalue weighted by Crippen LogP contribution is 2.51. The number of benzene rings is 1. The molecule has 21 heavy (non-hydrogen) atoms. The van der Waals surface area contributed by atoms with Gasteiger partial charge in [-0.2, -0.15) is 0 Å². The number of aliphatic carboxylic acids is 1. The fourth-order valence-corrected chi connectivity index (χ4v) is 4.38. The quantitative estimate of drug-likeness (QED) is 0.863. The lowest BCUT2D eigenvalue weighted by atomic mass is 9.58. The molecule has 1 aliphatic rings. The second-order valence-corrected chi connectivity index (χ2v) is 8.19. The van der Waals surface area contributed by atoms with Gasteiger partial charge in [-0.05, 0) is 48.6 Å². The second-order valence-electron chi connectivity index (χ2n) is 8.19. The number of carbonyl (C=O) groups is 1. The van der Waals surface area contributed by atoms with E-state index in [-0.39, 0.29) is 10.8 Å². The van der Waals surface area contributed by atoms with E-state index in [2.05, 4.69) is 33.0 Å². The standard InChI is InChI=1S/C18H27NO2/c1-13-8-6-7-9-14(13)19-18(15(20)21)11-16(2,3)10-17(4,5)12-18/h6-9,19H,10-12H2,1-5H3,(H,20,21). The molecule has 0 bridgehead atoms. The number of hydrogen-bond donors (Lipinski definition) is 2. The number of nitrogens with one attached hydrogen (secondary N) is 1. The van der Waals surface area contributed by atoms with E-state index in [4.69, 9.17) is 0 Å². The molecule has 116 valence electrons. The molecule has 0 radical (unpaired) electrons. The highest BCUT2D eigenvalue weighted by molar-refractivity contribution is 5.83. The molecule has 1 aliphatic carbocycles. The minimum absolute atomic E-state index is 0.00975. The van der Waals surface area contributed by atoms with Crippen LogP contribution < -0.4 is 5.32 Å². The first kappa shape index (κ1) is 15.9. The molecule has 1 aromatic carbocycles. The molecule has 0 amide bonds. The largest absolute Gasteiger partial charge is 0.480 e. The van der Waals surface area contributed by atoms with Crippen molar-refractivity contribution in [3.63, 3.8) is 0 Å². The molecule has 0 unspecified atom stereocenters. The molecule has 1 saturated carbocycles. The molecule has 3 heteroatoms. The lowest BCUT2D eigenvalue weighted by molar-refractivity contribution is -0.147. The van der Waals surface area contributed by atoms with Crippen molar-refractivity contribution in [2.24, 2.45) is 10.8 Å². The molecule has 0 aromatic heterocycles. The van der Waals surface area contributed by atoms with Crippen LogP contribution >= 0.6 is 0 Å². The maximum Gasteiger partial charge on any atom is 0.329 e. The number of rotatable bonds is 3. The van der Waals surface area contributed by atoms with E-state index >= 15 is 0 Å². The zero-order valence-corrected chi connectivity index (χ0v) is 13.8. The SMILES string of the molecule is Cc1ccccc1NC1(C(=O)O)CC(C)(C)CC(C)(C)C1. The van der Waals surface area contributed by atoms with Crippen molar-refractivity contribution in [1.82, 2.24) is 0 Å². The van der Waals surface area contributed by atoms with Crippen LogP contribution in [0.4, 0.5) is 5.69 Å². The molecular weight excluding hydrogens is 262 g/mol. The molecule has 0 spiro atoms. The van der Waals surface area contributed by atoms with Crippen molar-refractivity contribution < 1.29 is 9.90 Å². The molecule has 0 saturated heterocycles. The summed E-state index contributed by atoms with van der Waals surface area (Å²) < 4.78 is 0. The maximum absolute atomic E-state index is 12.1. The van der Waals surface area contributed by atoms with E-state index < -0.39 is 11.5 Å². The van der Waals surface area contributed by atoms with Gasteiger partial charge >= 0.3 is 5.97 Å². The highest BCUT2D eigenvalue weighted by Gasteiger charge is 2.52. The van der Waals surface area contributed by atoms with Gasteiger partial charge < -0.3 is 10.4 Å². The van der Waals surface area contributed by atoms with Crippen LogP contribution in [0.25, 0.3) is 0 Å². The minimum atomic E-state index is -0.892. The van der Waals surface area contributed by atoms with Crippen molar-refractivity contribution in [3.8, 4) is 0 Å². The van der Waals surface area contributed by atoms with Crippen LogP contribution in [0.1, 0.15) is 52.5 Å². The molecule has 0 atom stereocenters. The second kappa shape index (κ2) is 5.04. The van der Waals surface area contributed by atoms with Crippen LogP contribution in [0.2, 0.25) is 0 Å². The number of para-hydroxylation sites is 1. The van der Waals surface area contributed by atoms with Crippen molar-refractivity contribution >= 4 is 11.7 Å². The van der Waals surface area contributed by atoms with E-state index in [1.807, 2.05) is 31.2 Å². The van der Waals surface area contributed by atoms with Gasteiger partial charge in [-0.25, -0.2) is 4.79 Å². The van der Waals surface area contributed by atoms with Gasteiger partial charge in [0.05, 0.1) is 0 Å². The summed E-state index contributed by atoms with van der Waals surface area (Å²) in [5.41, 5.74) is 1.14. The summed E-state index contributed by atoms with van der Waals surface area (Å²) in [4.78, 5) is 12.1. The van der Waals surface area contributed by atoms with Gasteiger partial charge in [0, 0.05) is 5.69 Å². The number of carboxylic acids is 1. The van der Waals surface area contributed by atoms with Crippen LogP contribution in [0.15, 0.2) is 24.3 Å². The molecule has 3 nitrogen and oxygen atoms in total. The third-order valence-electron chi connectivity index (χ3n) is 4.45. The average Bonchev–Trinajstić information content (AvgIpc) is 2.27. The topological polar surface area (TPSA) is 49.3 Å². The molecule has 1 aromatic rings. The summed E-state index contributed by atoms with van der Waals surface area (Å²) in [6.07, 6.45) is 2.34. The van der Waals surface area contributed by atoms with E-state index in [9.17, 15) is 9.90 Å². The van der Waals surface area contributed by atoms with Crippen molar-refractivity contribution in [1.29, 1.82) is 0 Å². The lowest BCUT2D eigenvalue weighted by Gasteiger charge is -2.50. The first-order valence-electron chi connectivity index (χ1n) is 7.63. The van der Waals surface area contributed by atoms with Crippen molar-refractivity contribution in [2.75, 3.05) is 5.32 Å². The summed E-state index contributed by atoms with van der Waals surface area (Å²) in [7, 11) is 0. The highest BCUT2D eigenvalue weighted by atomic mass is 16.4. The summed E-state index contributed by atoms with van der Waals surface area (Å²) in [6, 6.07) is 7.90. The van der Waals surface area contributed by atoms with Crippen molar-refractivity contribution in [2.45, 2.75) is 59.4 Å². The zero-order chi connectivity index (χ0) is 15.9. The normalized spacial score (nSPS) is 22.5. The summed E-state index contributed by atoms with van der Waals surface area (Å²) in [5, 5.41) is 13.3. The van der Waals surface area contributed by atoms with E-state index in [1.54, 1.807) is 0 Å². The Hall–Kier alpha value is -1.51. The van der Waals surface area contributed by atoms with Gasteiger partial charge in [0.25, 0.3) is 0 Å². The first-order chi connectivity index (χ1) is 9.55. The molecule has 0 heterocycles. The number of anilines is 1. The van der Waals surface area contributed by atoms with Crippen LogP contribution in [-0.2, 0) is 4.79 Å². The predicted octanol–water partition coefficient (Wildman–Crippen LogP) is 4.47. The van der Waals surface area contributed by atoms with E-state index in [1.165, 1.54) is 0 Å². The first-order valence-corrected chi connectivity index (χ1v) is 7.63. The third kappa shape index (κ3) is 3.39. The molecular formula is C18H27NO2. The minimum Gasteiger partial charge on any atom is -0.480 e. The van der Waals surface area contributed by atoms with Gasteiger partial charge in [-0.1, -0.05) is 45.9 Å². The van der Waals surface area contributed by atoms with Gasteiger partial charge in [0.15, 0.2) is 0 Å². The Bertz CT molecular complexity index is 530. The van der Waals surface area contributed by atoms with Crippen LogP contribution in [0.3, 0.4) is 0 Å². The Morgan fingerprint density at radius 1 is 1.05 bits per heavy atom. The Kier molecular flexibility index (Phi) is 3.81. The number of hydrogen-bond acceptors (Lipinski definition) is 2. The molecule has 1 fully saturated rings. The van der Waals surface area contributed by atoms with Crippen LogP contribution in [0.5, 0.6) is 0 Å². The Morgan fingerprint density at radius 3 is 2.05 bits per heavy atom. The van der Waals surface area contributed by atoms with E-state index in [0.29, 0.717) is 12.8 Å². The average molecular weight is 289 g/mol. The Labute approximate surface area is 127 Å². The van der Waals surface area contributed by atoms with E-state index in [0.717, 1.165) is 17.7 Å². The lowest BCUT2D eigenvalue weighted by Crippen LogP contribution is -2.56. The van der Waals surface area contributed by atoms with Crippen molar-refractivity contribution in [3.05, 3.63) is 29.8 Å². The zero-order valence-electron chi connectivity index (χ0n) is 13.8. The molecule has 2 rings (SSSR count). The smallest absolute Gasteiger partial charge is 0.329 e. The Morgan fingerprint density at radius 2 is 1.57 bits per heavy atom. The predicted molar refractivity (Wildman–Crippen MR) is 86.6 cm³/mol. The fraction of sp³-hybridized carbons (Fsp3) is 0.611. The van der Waals surface area contributed by atoms with Crippen LogP contribution in [-0.4, -0.2) is 16.6 Å². The summed E-state index contributed by atoms with van der Waals surface area (Å²) in [6.45, 7) is 10.7. The maximum atomic E-state index is 12.1. The fourth-order valence-electron chi connectivity index (χ4n) is 4.38. The van der Waals surface area contributed by atoms with Gasteiger partial charge in [0.1, 0.15) is 5.54 Å². The molecule has 0 aliphatic heterocycles. The molecule has 2 N–H and O–H groups in total. The number of aryl methyl sites for hydroxylation is 1. The third-order valence-corrected chi connectivity index (χ3v) is 4.45. The summed E-state index contributed by atoms with van der Waals surface area (Å²) in [5.74, 6) is -0.744. The van der Waals surface area contributed by atoms with Gasteiger partial charge in [-0.3, -0.25) is 0 Å². The van der Waals surface area contributed by atoms with Crippen LogP contribution in [0, 0.1) is 17.8 Å².